The van der Waals surface area contributed by atoms with Crippen LogP contribution in [0.5, 0.6) is 0 Å². The summed E-state index contributed by atoms with van der Waals surface area (Å²) in [5.41, 5.74) is 1.82. The number of nitrogens with one attached hydrogen (secondary N) is 1. The third-order valence-electron chi connectivity index (χ3n) is 4.80. The molecular weight excluding hydrogens is 318 g/mol. The Morgan fingerprint density at radius 3 is 2.28 bits per heavy atom. The van der Waals surface area contributed by atoms with Crippen LogP contribution < -0.4 is 5.32 Å². The zero-order valence-corrected chi connectivity index (χ0v) is 15.4. The van der Waals surface area contributed by atoms with E-state index in [1.165, 1.54) is 5.56 Å². The molecule has 1 amide bonds. The topological polar surface area (TPSA) is 75.6 Å². The van der Waals surface area contributed by atoms with E-state index in [0.29, 0.717) is 38.9 Å². The van der Waals surface area contributed by atoms with E-state index in [0.717, 1.165) is 5.56 Å². The van der Waals surface area contributed by atoms with Crippen molar-refractivity contribution in [1.29, 1.82) is 0 Å². The van der Waals surface area contributed by atoms with Crippen LogP contribution in [0.2, 0.25) is 0 Å². The van der Waals surface area contributed by atoms with Gasteiger partial charge in [-0.2, -0.15) is 0 Å². The summed E-state index contributed by atoms with van der Waals surface area (Å²) in [6.45, 7) is 7.49. The number of aliphatic carboxylic acids is 1. The Balaban J connectivity index is 1.91. The summed E-state index contributed by atoms with van der Waals surface area (Å²) in [5.74, 6) is -0.983. The summed E-state index contributed by atoms with van der Waals surface area (Å²) in [6.07, 6.45) is 2.05. The van der Waals surface area contributed by atoms with Crippen molar-refractivity contribution in [3.8, 4) is 0 Å². The van der Waals surface area contributed by atoms with Gasteiger partial charge in [0.15, 0.2) is 0 Å². The van der Waals surface area contributed by atoms with Gasteiger partial charge < -0.3 is 15.2 Å². The van der Waals surface area contributed by atoms with Gasteiger partial charge >= 0.3 is 5.97 Å². The first-order valence-corrected chi connectivity index (χ1v) is 8.90. The quantitative estimate of drug-likeness (QED) is 0.829. The van der Waals surface area contributed by atoms with Crippen molar-refractivity contribution < 1.29 is 19.4 Å². The average molecular weight is 347 g/mol. The number of carbonyl (C=O) groups excluding carboxylic acids is 1. The van der Waals surface area contributed by atoms with Crippen molar-refractivity contribution in [2.24, 2.45) is 0 Å². The Morgan fingerprint density at radius 1 is 1.16 bits per heavy atom. The molecule has 0 unspecified atom stereocenters. The first-order valence-electron chi connectivity index (χ1n) is 8.90. The molecule has 0 aromatic heterocycles. The molecule has 0 radical (unpaired) electrons. The Labute approximate surface area is 149 Å². The molecule has 0 bridgehead atoms. The SMILES string of the molecule is CC(C)(C)c1ccc(CCC(=O)NC2(CC(=O)O)CCOCC2)cc1. The van der Waals surface area contributed by atoms with E-state index in [2.05, 4.69) is 50.4 Å². The average Bonchev–Trinajstić information content (AvgIpc) is 2.52. The minimum absolute atomic E-state index is 0.0532. The van der Waals surface area contributed by atoms with E-state index in [9.17, 15) is 9.59 Å². The van der Waals surface area contributed by atoms with Crippen LogP contribution in [0.1, 0.15) is 57.6 Å². The van der Waals surface area contributed by atoms with E-state index >= 15 is 0 Å². The van der Waals surface area contributed by atoms with Crippen molar-refractivity contribution in [3.05, 3.63) is 35.4 Å². The molecule has 1 aliphatic heterocycles. The van der Waals surface area contributed by atoms with Crippen molar-refractivity contribution in [2.75, 3.05) is 13.2 Å². The maximum absolute atomic E-state index is 12.4. The highest BCUT2D eigenvalue weighted by Crippen LogP contribution is 2.25. The minimum atomic E-state index is -0.889. The van der Waals surface area contributed by atoms with Gasteiger partial charge in [-0.1, -0.05) is 45.0 Å². The third kappa shape index (κ3) is 5.85. The summed E-state index contributed by atoms with van der Waals surface area (Å²) in [7, 11) is 0. The smallest absolute Gasteiger partial charge is 0.305 e. The summed E-state index contributed by atoms with van der Waals surface area (Å²) < 4.78 is 5.31. The van der Waals surface area contributed by atoms with Crippen molar-refractivity contribution in [3.63, 3.8) is 0 Å². The maximum Gasteiger partial charge on any atom is 0.305 e. The molecule has 1 aliphatic rings. The molecule has 0 aliphatic carbocycles. The lowest BCUT2D eigenvalue weighted by Gasteiger charge is -2.36. The molecule has 5 nitrogen and oxygen atoms in total. The molecule has 1 heterocycles. The van der Waals surface area contributed by atoms with E-state index in [1.54, 1.807) is 0 Å². The van der Waals surface area contributed by atoms with Gasteiger partial charge in [-0.3, -0.25) is 9.59 Å². The molecule has 1 fully saturated rings. The second kappa shape index (κ2) is 8.00. The lowest BCUT2D eigenvalue weighted by atomic mass is 9.86. The van der Waals surface area contributed by atoms with Gasteiger partial charge in [0.25, 0.3) is 0 Å². The lowest BCUT2D eigenvalue weighted by Crippen LogP contribution is -2.53. The molecule has 5 heteroatoms. The van der Waals surface area contributed by atoms with Gasteiger partial charge in [0, 0.05) is 19.6 Å². The first-order chi connectivity index (χ1) is 11.7. The van der Waals surface area contributed by atoms with Gasteiger partial charge in [-0.15, -0.1) is 0 Å². The second-order valence-corrected chi connectivity index (χ2v) is 7.96. The van der Waals surface area contributed by atoms with Crippen molar-refractivity contribution >= 4 is 11.9 Å². The van der Waals surface area contributed by atoms with Crippen LogP contribution in [0.15, 0.2) is 24.3 Å². The standard InChI is InChI=1S/C20H29NO4/c1-19(2,3)16-7-4-15(5-8-16)6-9-17(22)21-20(14-18(23)24)10-12-25-13-11-20/h4-5,7-8H,6,9-14H2,1-3H3,(H,21,22)(H,23,24). The van der Waals surface area contributed by atoms with Crippen LogP contribution in [-0.2, 0) is 26.2 Å². The van der Waals surface area contributed by atoms with E-state index < -0.39 is 11.5 Å². The number of carboxylic acid groups (broad SMARTS) is 1. The van der Waals surface area contributed by atoms with Crippen LogP contribution in [0.4, 0.5) is 0 Å². The van der Waals surface area contributed by atoms with Crippen LogP contribution in [0.25, 0.3) is 0 Å². The molecule has 1 aromatic carbocycles. The molecule has 2 N–H and O–H groups in total. The minimum Gasteiger partial charge on any atom is -0.481 e. The van der Waals surface area contributed by atoms with Gasteiger partial charge in [-0.25, -0.2) is 0 Å². The molecule has 25 heavy (non-hydrogen) atoms. The van der Waals surface area contributed by atoms with Gasteiger partial charge in [0.2, 0.25) is 5.91 Å². The normalized spacial score (nSPS) is 17.1. The molecule has 1 aromatic rings. The Bertz CT molecular complexity index is 595. The molecular formula is C20H29NO4. The van der Waals surface area contributed by atoms with Gasteiger partial charge in [0.1, 0.15) is 0 Å². The predicted molar refractivity (Wildman–Crippen MR) is 96.6 cm³/mol. The number of ether oxygens (including phenoxy) is 1. The van der Waals surface area contributed by atoms with Crippen molar-refractivity contribution in [2.45, 2.75) is 63.8 Å². The number of amides is 1. The fraction of sp³-hybridized carbons (Fsp3) is 0.600. The van der Waals surface area contributed by atoms with Crippen LogP contribution in [-0.4, -0.2) is 35.7 Å². The number of carbonyl (C=O) groups is 2. The summed E-state index contributed by atoms with van der Waals surface area (Å²) in [5, 5.41) is 12.1. The summed E-state index contributed by atoms with van der Waals surface area (Å²) >= 11 is 0. The van der Waals surface area contributed by atoms with E-state index in [1.807, 2.05) is 0 Å². The number of aryl methyl sites for hydroxylation is 1. The maximum atomic E-state index is 12.4. The molecule has 0 saturated carbocycles. The first kappa shape index (κ1) is 19.4. The van der Waals surface area contributed by atoms with Crippen LogP contribution in [0.3, 0.4) is 0 Å². The third-order valence-corrected chi connectivity index (χ3v) is 4.80. The zero-order chi connectivity index (χ0) is 18.5. The van der Waals surface area contributed by atoms with Gasteiger partial charge in [0.05, 0.1) is 12.0 Å². The Kier molecular flexibility index (Phi) is 6.22. The highest BCUT2D eigenvalue weighted by Gasteiger charge is 2.36. The molecule has 0 atom stereocenters. The zero-order valence-electron chi connectivity index (χ0n) is 15.4. The number of hydrogen-bond acceptors (Lipinski definition) is 3. The molecule has 2 rings (SSSR count). The highest BCUT2D eigenvalue weighted by molar-refractivity contribution is 5.78. The van der Waals surface area contributed by atoms with Crippen LogP contribution in [0, 0.1) is 0 Å². The van der Waals surface area contributed by atoms with Gasteiger partial charge in [-0.05, 0) is 35.8 Å². The number of benzene rings is 1. The Morgan fingerprint density at radius 2 is 1.76 bits per heavy atom. The molecule has 1 saturated heterocycles. The predicted octanol–water partition coefficient (Wildman–Crippen LogP) is 3.06. The number of rotatable bonds is 6. The number of hydrogen-bond donors (Lipinski definition) is 2. The van der Waals surface area contributed by atoms with Crippen LogP contribution >= 0.6 is 0 Å². The fourth-order valence-electron chi connectivity index (χ4n) is 3.19. The Hall–Kier alpha value is -1.88. The monoisotopic (exact) mass is 347 g/mol. The number of carboxylic acids is 1. The lowest BCUT2D eigenvalue weighted by molar-refractivity contribution is -0.140. The van der Waals surface area contributed by atoms with E-state index in [-0.39, 0.29) is 17.7 Å². The molecule has 0 spiro atoms. The van der Waals surface area contributed by atoms with Crippen molar-refractivity contribution in [1.82, 2.24) is 5.32 Å². The summed E-state index contributed by atoms with van der Waals surface area (Å²) in [4.78, 5) is 23.5. The summed E-state index contributed by atoms with van der Waals surface area (Å²) in [6, 6.07) is 8.35. The highest BCUT2D eigenvalue weighted by atomic mass is 16.5. The second-order valence-electron chi connectivity index (χ2n) is 7.96. The largest absolute Gasteiger partial charge is 0.481 e. The van der Waals surface area contributed by atoms with E-state index in [4.69, 9.17) is 9.84 Å². The fourth-order valence-corrected chi connectivity index (χ4v) is 3.19. The molecule has 138 valence electrons.